The van der Waals surface area contributed by atoms with E-state index in [1.54, 1.807) is 35.6 Å². The van der Waals surface area contributed by atoms with Gasteiger partial charge in [-0.05, 0) is 24.1 Å². The molecule has 0 bridgehead atoms. The van der Waals surface area contributed by atoms with Gasteiger partial charge in [-0.2, -0.15) is 0 Å². The summed E-state index contributed by atoms with van der Waals surface area (Å²) in [6.45, 7) is 2.81. The van der Waals surface area contributed by atoms with Crippen molar-refractivity contribution in [2.45, 2.75) is 26.4 Å². The molecule has 0 saturated heterocycles. The van der Waals surface area contributed by atoms with Gasteiger partial charge in [-0.3, -0.25) is 4.79 Å². The number of thiazole rings is 1. The summed E-state index contributed by atoms with van der Waals surface area (Å²) in [5.41, 5.74) is 7.32. The predicted octanol–water partition coefficient (Wildman–Crippen LogP) is 1.80. The average Bonchev–Trinajstić information content (AvgIpc) is 2.99. The van der Waals surface area contributed by atoms with Crippen molar-refractivity contribution >= 4 is 23.3 Å². The van der Waals surface area contributed by atoms with E-state index in [0.717, 1.165) is 22.7 Å². The maximum atomic E-state index is 12.0. The minimum Gasteiger partial charge on any atom is -0.352 e. The number of carbonyl (C=O) groups excluding carboxylic acids is 2. The molecular weight excluding hydrogens is 300 g/mol. The number of nitrogens with two attached hydrogens (primary N) is 1. The van der Waals surface area contributed by atoms with Crippen LogP contribution >= 0.6 is 11.3 Å². The Balaban J connectivity index is 1.87. The number of nitrogens with zero attached hydrogens (tertiary/aromatic N) is 1. The van der Waals surface area contributed by atoms with Gasteiger partial charge in [-0.1, -0.05) is 19.1 Å². The minimum atomic E-state index is -0.573. The number of primary amides is 1. The molecule has 0 radical (unpaired) electrons. The number of hydrogen-bond acceptors (Lipinski definition) is 4. The lowest BCUT2D eigenvalue weighted by molar-refractivity contribution is 0.0950. The second-order valence-electron chi connectivity index (χ2n) is 4.68. The van der Waals surface area contributed by atoms with Crippen LogP contribution in [0, 0.1) is 0 Å². The molecule has 22 heavy (non-hydrogen) atoms. The molecule has 0 atom stereocenters. The smallest absolute Gasteiger partial charge is 0.312 e. The average molecular weight is 318 g/mol. The zero-order chi connectivity index (χ0) is 15.9. The Hall–Kier alpha value is -2.41. The van der Waals surface area contributed by atoms with E-state index in [1.165, 1.54) is 0 Å². The molecule has 0 unspecified atom stereocenters. The summed E-state index contributed by atoms with van der Waals surface area (Å²) in [5.74, 6) is -0.152. The molecule has 0 spiro atoms. The standard InChI is InChI=1S/C15H18N4O2S/c1-2-13-19-12(9-22-13)8-17-14(20)11-5-3-10(4-6-11)7-18-15(16)21/h3-6,9H,2,7-8H2,1H3,(H,17,20)(H3,16,18,21). The van der Waals surface area contributed by atoms with E-state index in [0.29, 0.717) is 18.7 Å². The lowest BCUT2D eigenvalue weighted by Crippen LogP contribution is -2.28. The summed E-state index contributed by atoms with van der Waals surface area (Å²) in [6, 6.07) is 6.42. The third kappa shape index (κ3) is 4.56. The molecular formula is C15H18N4O2S. The molecule has 2 aromatic rings. The molecule has 1 aromatic carbocycles. The van der Waals surface area contributed by atoms with Crippen molar-refractivity contribution in [3.63, 3.8) is 0 Å². The molecule has 0 fully saturated rings. The lowest BCUT2D eigenvalue weighted by atomic mass is 10.1. The van der Waals surface area contributed by atoms with Gasteiger partial charge in [0, 0.05) is 17.5 Å². The first-order valence-electron chi connectivity index (χ1n) is 6.92. The Morgan fingerprint density at radius 2 is 1.91 bits per heavy atom. The molecule has 0 aliphatic heterocycles. The molecule has 3 amide bonds. The van der Waals surface area contributed by atoms with Gasteiger partial charge in [-0.25, -0.2) is 9.78 Å². The molecule has 7 heteroatoms. The molecule has 4 N–H and O–H groups in total. The molecule has 0 aliphatic carbocycles. The maximum Gasteiger partial charge on any atom is 0.312 e. The van der Waals surface area contributed by atoms with Crippen molar-refractivity contribution < 1.29 is 9.59 Å². The molecule has 6 nitrogen and oxygen atoms in total. The second kappa shape index (κ2) is 7.56. The number of amides is 3. The van der Waals surface area contributed by atoms with Gasteiger partial charge in [0.1, 0.15) is 0 Å². The first-order chi connectivity index (χ1) is 10.6. The highest BCUT2D eigenvalue weighted by Crippen LogP contribution is 2.10. The molecule has 1 heterocycles. The van der Waals surface area contributed by atoms with Crippen molar-refractivity contribution in [3.05, 3.63) is 51.5 Å². The van der Waals surface area contributed by atoms with E-state index in [1.807, 2.05) is 5.38 Å². The van der Waals surface area contributed by atoms with Crippen molar-refractivity contribution in [3.8, 4) is 0 Å². The Kier molecular flexibility index (Phi) is 5.48. The number of aromatic nitrogens is 1. The number of hydrogen-bond donors (Lipinski definition) is 3. The van der Waals surface area contributed by atoms with Crippen LogP contribution in [0.2, 0.25) is 0 Å². The number of carbonyl (C=O) groups is 2. The quantitative estimate of drug-likeness (QED) is 0.757. The number of nitrogens with one attached hydrogen (secondary N) is 2. The summed E-state index contributed by atoms with van der Waals surface area (Å²) in [6.07, 6.45) is 0.902. The zero-order valence-corrected chi connectivity index (χ0v) is 13.1. The van der Waals surface area contributed by atoms with Gasteiger partial charge >= 0.3 is 6.03 Å². The molecule has 2 rings (SSSR count). The van der Waals surface area contributed by atoms with Gasteiger partial charge < -0.3 is 16.4 Å². The summed E-state index contributed by atoms with van der Waals surface area (Å²) < 4.78 is 0. The van der Waals surface area contributed by atoms with Crippen molar-refractivity contribution in [2.75, 3.05) is 0 Å². The first kappa shape index (κ1) is 16.0. The van der Waals surface area contributed by atoms with Gasteiger partial charge in [0.25, 0.3) is 5.91 Å². The second-order valence-corrected chi connectivity index (χ2v) is 5.63. The minimum absolute atomic E-state index is 0.152. The molecule has 116 valence electrons. The SMILES string of the molecule is CCc1nc(CNC(=O)c2ccc(CNC(N)=O)cc2)cs1. The van der Waals surface area contributed by atoms with Crippen LogP contribution in [0.5, 0.6) is 0 Å². The largest absolute Gasteiger partial charge is 0.352 e. The highest BCUT2D eigenvalue weighted by Gasteiger charge is 2.07. The number of benzene rings is 1. The van der Waals surface area contributed by atoms with E-state index < -0.39 is 6.03 Å². The summed E-state index contributed by atoms with van der Waals surface area (Å²) in [7, 11) is 0. The van der Waals surface area contributed by atoms with Crippen LogP contribution in [0.4, 0.5) is 4.79 Å². The van der Waals surface area contributed by atoms with E-state index in [2.05, 4.69) is 22.5 Å². The first-order valence-corrected chi connectivity index (χ1v) is 7.80. The van der Waals surface area contributed by atoms with Crippen LogP contribution < -0.4 is 16.4 Å². The molecule has 0 aliphatic rings. The fraction of sp³-hybridized carbons (Fsp3) is 0.267. The summed E-state index contributed by atoms with van der Waals surface area (Å²) in [5, 5.41) is 8.36. The van der Waals surface area contributed by atoms with E-state index >= 15 is 0 Å². The van der Waals surface area contributed by atoms with Gasteiger partial charge in [0.2, 0.25) is 0 Å². The van der Waals surface area contributed by atoms with Crippen LogP contribution in [0.1, 0.15) is 33.5 Å². The highest BCUT2D eigenvalue weighted by atomic mass is 32.1. The van der Waals surface area contributed by atoms with Crippen LogP contribution in [0.25, 0.3) is 0 Å². The topological polar surface area (TPSA) is 97.1 Å². The molecule has 0 saturated carbocycles. The Morgan fingerprint density at radius 1 is 1.18 bits per heavy atom. The van der Waals surface area contributed by atoms with Gasteiger partial charge in [0.05, 0.1) is 17.2 Å². The van der Waals surface area contributed by atoms with Crippen molar-refractivity contribution in [2.24, 2.45) is 5.73 Å². The van der Waals surface area contributed by atoms with E-state index in [4.69, 9.17) is 5.73 Å². The fourth-order valence-corrected chi connectivity index (χ4v) is 2.57. The molecule has 1 aromatic heterocycles. The van der Waals surface area contributed by atoms with Crippen LogP contribution in [-0.4, -0.2) is 16.9 Å². The monoisotopic (exact) mass is 318 g/mol. The Morgan fingerprint density at radius 3 is 2.50 bits per heavy atom. The van der Waals surface area contributed by atoms with Crippen LogP contribution in [-0.2, 0) is 19.5 Å². The maximum absolute atomic E-state index is 12.0. The van der Waals surface area contributed by atoms with E-state index in [-0.39, 0.29) is 5.91 Å². The zero-order valence-electron chi connectivity index (χ0n) is 12.3. The highest BCUT2D eigenvalue weighted by molar-refractivity contribution is 7.09. The number of aryl methyl sites for hydroxylation is 1. The third-order valence-corrected chi connectivity index (χ3v) is 4.06. The Labute approximate surface area is 132 Å². The lowest BCUT2D eigenvalue weighted by Gasteiger charge is -2.05. The van der Waals surface area contributed by atoms with E-state index in [9.17, 15) is 9.59 Å². The van der Waals surface area contributed by atoms with Crippen LogP contribution in [0.15, 0.2) is 29.6 Å². The summed E-state index contributed by atoms with van der Waals surface area (Å²) in [4.78, 5) is 27.1. The van der Waals surface area contributed by atoms with Crippen molar-refractivity contribution in [1.29, 1.82) is 0 Å². The summed E-state index contributed by atoms with van der Waals surface area (Å²) >= 11 is 1.60. The number of rotatable bonds is 6. The van der Waals surface area contributed by atoms with Gasteiger partial charge in [-0.15, -0.1) is 11.3 Å². The fourth-order valence-electron chi connectivity index (χ4n) is 1.83. The number of urea groups is 1. The van der Waals surface area contributed by atoms with Crippen molar-refractivity contribution in [1.82, 2.24) is 15.6 Å². The van der Waals surface area contributed by atoms with Gasteiger partial charge in [0.15, 0.2) is 0 Å². The normalized spacial score (nSPS) is 10.2. The Bertz CT molecular complexity index is 652. The third-order valence-electron chi connectivity index (χ3n) is 3.01. The van der Waals surface area contributed by atoms with Crippen LogP contribution in [0.3, 0.4) is 0 Å². The predicted molar refractivity (Wildman–Crippen MR) is 85.5 cm³/mol.